The molecule has 0 amide bonds. The van der Waals surface area contributed by atoms with Gasteiger partial charge in [0, 0.05) is 35.3 Å². The number of hydrogen-bond acceptors (Lipinski definition) is 3. The molecule has 3 nitrogen and oxygen atoms in total. The van der Waals surface area contributed by atoms with E-state index in [1.165, 1.54) is 4.88 Å². The van der Waals surface area contributed by atoms with Crippen LogP contribution in [0.3, 0.4) is 0 Å². The van der Waals surface area contributed by atoms with Crippen LogP contribution in [0.5, 0.6) is 0 Å². The van der Waals surface area contributed by atoms with Crippen LogP contribution in [-0.2, 0) is 11.2 Å². The zero-order chi connectivity index (χ0) is 15.2. The van der Waals surface area contributed by atoms with E-state index in [1.54, 1.807) is 23.5 Å². The van der Waals surface area contributed by atoms with Crippen molar-refractivity contribution in [1.82, 2.24) is 0 Å². The topological polar surface area (TPSA) is 40.5 Å². The lowest BCUT2D eigenvalue weighted by molar-refractivity contribution is -0.131. The smallest absolute Gasteiger partial charge is 0.328 e. The first-order valence-electron chi connectivity index (χ1n) is 6.50. The Morgan fingerprint density at radius 3 is 2.90 bits per heavy atom. The Labute approximate surface area is 133 Å². The van der Waals surface area contributed by atoms with Gasteiger partial charge < -0.3 is 10.0 Å². The quantitative estimate of drug-likeness (QED) is 0.811. The SMILES string of the molecule is CN(CCc1cccs1)c1cc(Cl)ccc1/C=C/C(=O)O. The highest BCUT2D eigenvalue weighted by atomic mass is 35.5. The first-order chi connectivity index (χ1) is 10.1. The number of anilines is 1. The third-order valence-corrected chi connectivity index (χ3v) is 4.25. The summed E-state index contributed by atoms with van der Waals surface area (Å²) in [6.07, 6.45) is 3.68. The molecule has 110 valence electrons. The molecule has 2 aromatic rings. The number of thiophene rings is 1. The van der Waals surface area contributed by atoms with E-state index >= 15 is 0 Å². The first-order valence-corrected chi connectivity index (χ1v) is 7.76. The lowest BCUT2D eigenvalue weighted by Gasteiger charge is -2.21. The van der Waals surface area contributed by atoms with Crippen molar-refractivity contribution in [3.05, 3.63) is 57.3 Å². The normalized spacial score (nSPS) is 11.0. The van der Waals surface area contributed by atoms with Crippen molar-refractivity contribution in [3.8, 4) is 0 Å². The number of aliphatic carboxylic acids is 1. The van der Waals surface area contributed by atoms with E-state index in [9.17, 15) is 4.79 Å². The van der Waals surface area contributed by atoms with Crippen LogP contribution >= 0.6 is 22.9 Å². The van der Waals surface area contributed by atoms with Gasteiger partial charge in [0.25, 0.3) is 0 Å². The molecule has 1 heterocycles. The maximum Gasteiger partial charge on any atom is 0.328 e. The third-order valence-electron chi connectivity index (χ3n) is 3.08. The summed E-state index contributed by atoms with van der Waals surface area (Å²) in [6.45, 7) is 0.842. The molecule has 0 aliphatic rings. The molecular formula is C16H16ClNO2S. The molecule has 0 aliphatic heterocycles. The molecule has 0 spiro atoms. The van der Waals surface area contributed by atoms with Gasteiger partial charge in [0.2, 0.25) is 0 Å². The molecule has 2 rings (SSSR count). The highest BCUT2D eigenvalue weighted by molar-refractivity contribution is 7.09. The van der Waals surface area contributed by atoms with Crippen LogP contribution in [-0.4, -0.2) is 24.7 Å². The van der Waals surface area contributed by atoms with Gasteiger partial charge in [-0.05, 0) is 41.6 Å². The van der Waals surface area contributed by atoms with Gasteiger partial charge in [0.15, 0.2) is 0 Å². The molecule has 1 aromatic heterocycles. The zero-order valence-corrected chi connectivity index (χ0v) is 13.2. The fraction of sp³-hybridized carbons (Fsp3) is 0.188. The minimum Gasteiger partial charge on any atom is -0.478 e. The fourth-order valence-electron chi connectivity index (χ4n) is 2.00. The number of carbonyl (C=O) groups is 1. The van der Waals surface area contributed by atoms with Crippen molar-refractivity contribution in [2.75, 3.05) is 18.5 Å². The molecule has 0 unspecified atom stereocenters. The lowest BCUT2D eigenvalue weighted by atomic mass is 10.1. The van der Waals surface area contributed by atoms with Gasteiger partial charge in [0.05, 0.1) is 0 Å². The molecule has 0 fully saturated rings. The summed E-state index contributed by atoms with van der Waals surface area (Å²) in [5, 5.41) is 11.5. The van der Waals surface area contributed by atoms with Crippen molar-refractivity contribution < 1.29 is 9.90 Å². The van der Waals surface area contributed by atoms with Crippen LogP contribution in [0.1, 0.15) is 10.4 Å². The van der Waals surface area contributed by atoms with Gasteiger partial charge in [-0.3, -0.25) is 0 Å². The van der Waals surface area contributed by atoms with Crippen LogP contribution in [0, 0.1) is 0 Å². The Balaban J connectivity index is 2.16. The molecule has 0 atom stereocenters. The van der Waals surface area contributed by atoms with Gasteiger partial charge in [0.1, 0.15) is 0 Å². The van der Waals surface area contributed by atoms with E-state index in [0.717, 1.165) is 30.3 Å². The molecule has 0 aliphatic carbocycles. The van der Waals surface area contributed by atoms with Crippen molar-refractivity contribution in [2.24, 2.45) is 0 Å². The fourth-order valence-corrected chi connectivity index (χ4v) is 2.87. The first kappa shape index (κ1) is 15.6. The number of nitrogens with zero attached hydrogens (tertiary/aromatic N) is 1. The van der Waals surface area contributed by atoms with E-state index in [-0.39, 0.29) is 0 Å². The number of carboxylic acids is 1. The summed E-state index contributed by atoms with van der Waals surface area (Å²) in [4.78, 5) is 14.1. The van der Waals surface area contributed by atoms with Crippen LogP contribution in [0.25, 0.3) is 6.08 Å². The molecular weight excluding hydrogens is 306 g/mol. The molecule has 5 heteroatoms. The van der Waals surface area contributed by atoms with E-state index in [2.05, 4.69) is 16.3 Å². The van der Waals surface area contributed by atoms with Crippen LogP contribution in [0.4, 0.5) is 5.69 Å². The minimum absolute atomic E-state index is 0.639. The monoisotopic (exact) mass is 321 g/mol. The van der Waals surface area contributed by atoms with E-state index in [4.69, 9.17) is 16.7 Å². The van der Waals surface area contributed by atoms with Crippen molar-refractivity contribution in [2.45, 2.75) is 6.42 Å². The third kappa shape index (κ3) is 4.62. The number of rotatable bonds is 6. The summed E-state index contributed by atoms with van der Waals surface area (Å²) in [6, 6.07) is 9.61. The Hall–Kier alpha value is -1.78. The Morgan fingerprint density at radius 2 is 2.24 bits per heavy atom. The molecule has 0 radical (unpaired) electrons. The predicted molar refractivity (Wildman–Crippen MR) is 89.4 cm³/mol. The Morgan fingerprint density at radius 1 is 1.43 bits per heavy atom. The van der Waals surface area contributed by atoms with Gasteiger partial charge in [-0.1, -0.05) is 23.7 Å². The average molecular weight is 322 g/mol. The second-order valence-electron chi connectivity index (χ2n) is 4.63. The molecule has 0 bridgehead atoms. The van der Waals surface area contributed by atoms with Crippen LogP contribution in [0.2, 0.25) is 5.02 Å². The lowest BCUT2D eigenvalue weighted by Crippen LogP contribution is -2.20. The highest BCUT2D eigenvalue weighted by Crippen LogP contribution is 2.25. The van der Waals surface area contributed by atoms with E-state index < -0.39 is 5.97 Å². The Kier molecular flexibility index (Phi) is 5.42. The van der Waals surface area contributed by atoms with Crippen molar-refractivity contribution in [3.63, 3.8) is 0 Å². The van der Waals surface area contributed by atoms with Gasteiger partial charge in [-0.15, -0.1) is 11.3 Å². The summed E-state index contributed by atoms with van der Waals surface area (Å²) in [5.41, 5.74) is 1.77. The molecule has 0 saturated carbocycles. The van der Waals surface area contributed by atoms with Gasteiger partial charge in [-0.2, -0.15) is 0 Å². The van der Waals surface area contributed by atoms with Gasteiger partial charge in [-0.25, -0.2) is 4.79 Å². The number of benzene rings is 1. The minimum atomic E-state index is -0.961. The maximum atomic E-state index is 10.7. The van der Waals surface area contributed by atoms with Crippen LogP contribution < -0.4 is 4.90 Å². The zero-order valence-electron chi connectivity index (χ0n) is 11.6. The number of hydrogen-bond donors (Lipinski definition) is 1. The molecule has 21 heavy (non-hydrogen) atoms. The number of likely N-dealkylation sites (N-methyl/N-ethyl adjacent to an activating group) is 1. The number of carboxylic acid groups (broad SMARTS) is 1. The molecule has 1 aromatic carbocycles. The summed E-state index contributed by atoms with van der Waals surface area (Å²) < 4.78 is 0. The second-order valence-corrected chi connectivity index (χ2v) is 6.09. The van der Waals surface area contributed by atoms with Crippen molar-refractivity contribution in [1.29, 1.82) is 0 Å². The summed E-state index contributed by atoms with van der Waals surface area (Å²) in [7, 11) is 1.98. The van der Waals surface area contributed by atoms with Gasteiger partial charge >= 0.3 is 5.97 Å². The van der Waals surface area contributed by atoms with E-state index in [0.29, 0.717) is 5.02 Å². The number of halogens is 1. The van der Waals surface area contributed by atoms with E-state index in [1.807, 2.05) is 25.2 Å². The largest absolute Gasteiger partial charge is 0.478 e. The predicted octanol–water partition coefficient (Wildman–Crippen LogP) is 4.18. The second kappa shape index (κ2) is 7.29. The van der Waals surface area contributed by atoms with Crippen LogP contribution in [0.15, 0.2) is 41.8 Å². The average Bonchev–Trinajstić information content (AvgIpc) is 2.96. The summed E-state index contributed by atoms with van der Waals surface area (Å²) in [5.74, 6) is -0.961. The maximum absolute atomic E-state index is 10.7. The summed E-state index contributed by atoms with van der Waals surface area (Å²) >= 11 is 7.80. The molecule has 1 N–H and O–H groups in total. The Bertz CT molecular complexity index is 638. The standard InChI is InChI=1S/C16H16ClNO2S/c1-18(9-8-14-3-2-10-21-14)15-11-13(17)6-4-12(15)5-7-16(19)20/h2-7,10-11H,8-9H2,1H3,(H,19,20)/b7-5+. The highest BCUT2D eigenvalue weighted by Gasteiger charge is 2.07. The van der Waals surface area contributed by atoms with Crippen molar-refractivity contribution >= 4 is 40.7 Å². The molecule has 0 saturated heterocycles.